The molecule has 1 aliphatic rings. The summed E-state index contributed by atoms with van der Waals surface area (Å²) in [6.07, 6.45) is 1.66. The molecule has 7 heteroatoms. The van der Waals surface area contributed by atoms with Crippen molar-refractivity contribution in [3.05, 3.63) is 64.6 Å². The second-order valence-corrected chi connectivity index (χ2v) is 6.67. The summed E-state index contributed by atoms with van der Waals surface area (Å²) >= 11 is 1.11. The Kier molecular flexibility index (Phi) is 5.38. The molecular weight excluding hydrogens is 350 g/mol. The molecule has 1 heterocycles. The molecule has 26 heavy (non-hydrogen) atoms. The number of nitrogens with one attached hydrogen (secondary N) is 1. The molecule has 2 aromatic rings. The Hall–Kier alpha value is -3.06. The molecule has 0 bridgehead atoms. The zero-order valence-corrected chi connectivity index (χ0v) is 14.9. The van der Waals surface area contributed by atoms with Crippen LogP contribution in [0.3, 0.4) is 0 Å². The number of nitrogens with zero attached hydrogens (tertiary/aromatic N) is 1. The predicted octanol–water partition coefficient (Wildman–Crippen LogP) is 2.94. The van der Waals surface area contributed by atoms with Crippen LogP contribution in [0.5, 0.6) is 5.75 Å². The van der Waals surface area contributed by atoms with Crippen molar-refractivity contribution in [2.45, 2.75) is 6.92 Å². The zero-order chi connectivity index (χ0) is 18.5. The first kappa shape index (κ1) is 17.8. The molecule has 132 valence electrons. The number of anilines is 1. The molecule has 3 N–H and O–H groups in total. The van der Waals surface area contributed by atoms with E-state index in [0.29, 0.717) is 21.9 Å². The molecule has 0 fully saturated rings. The standard InChI is InChI=1S/C19H17N3O3S/c1-12-6-8-14(9-7-12)21-17(23)11-25-15-5-3-2-4-13(15)10-16-18(24)22-19(20)26-16/h2-10H,11H2,1H3,(H,21,23)(H2,20,22,24)/b16-10-. The Morgan fingerprint density at radius 2 is 1.96 bits per heavy atom. The summed E-state index contributed by atoms with van der Waals surface area (Å²) in [7, 11) is 0. The summed E-state index contributed by atoms with van der Waals surface area (Å²) in [5.74, 6) is -0.146. The highest BCUT2D eigenvalue weighted by Gasteiger charge is 2.20. The van der Waals surface area contributed by atoms with Gasteiger partial charge in [-0.1, -0.05) is 35.9 Å². The Morgan fingerprint density at radius 3 is 2.65 bits per heavy atom. The van der Waals surface area contributed by atoms with E-state index in [2.05, 4.69) is 10.3 Å². The molecule has 3 rings (SSSR count). The van der Waals surface area contributed by atoms with Gasteiger partial charge in [0.05, 0.1) is 4.91 Å². The highest BCUT2D eigenvalue weighted by Crippen LogP contribution is 2.29. The van der Waals surface area contributed by atoms with Crippen molar-refractivity contribution < 1.29 is 14.3 Å². The van der Waals surface area contributed by atoms with Gasteiger partial charge in [0.2, 0.25) is 0 Å². The Bertz CT molecular complexity index is 905. The zero-order valence-electron chi connectivity index (χ0n) is 14.1. The maximum absolute atomic E-state index is 12.1. The first-order valence-electron chi connectivity index (χ1n) is 7.87. The lowest BCUT2D eigenvalue weighted by molar-refractivity contribution is -0.118. The van der Waals surface area contributed by atoms with E-state index in [1.165, 1.54) is 0 Å². The lowest BCUT2D eigenvalue weighted by Crippen LogP contribution is -2.20. The average Bonchev–Trinajstić information content (AvgIpc) is 2.93. The van der Waals surface area contributed by atoms with Crippen LogP contribution >= 0.6 is 11.8 Å². The first-order chi connectivity index (χ1) is 12.5. The summed E-state index contributed by atoms with van der Waals surface area (Å²) < 4.78 is 5.62. The number of aliphatic imine (C=N–C) groups is 1. The van der Waals surface area contributed by atoms with E-state index in [-0.39, 0.29) is 23.6 Å². The van der Waals surface area contributed by atoms with Crippen LogP contribution in [-0.4, -0.2) is 23.6 Å². The Balaban J connectivity index is 1.65. The van der Waals surface area contributed by atoms with E-state index >= 15 is 0 Å². The number of amides is 2. The number of hydrogen-bond donors (Lipinski definition) is 2. The summed E-state index contributed by atoms with van der Waals surface area (Å²) in [5.41, 5.74) is 8.06. The van der Waals surface area contributed by atoms with Crippen molar-refractivity contribution in [2.24, 2.45) is 10.7 Å². The minimum Gasteiger partial charge on any atom is -0.483 e. The van der Waals surface area contributed by atoms with Gasteiger partial charge in [-0.25, -0.2) is 0 Å². The summed E-state index contributed by atoms with van der Waals surface area (Å²) in [6, 6.07) is 14.6. The molecule has 0 saturated carbocycles. The number of thioether (sulfide) groups is 1. The minimum absolute atomic E-state index is 0.145. The molecule has 0 atom stereocenters. The van der Waals surface area contributed by atoms with Crippen molar-refractivity contribution in [3.63, 3.8) is 0 Å². The number of rotatable bonds is 5. The maximum atomic E-state index is 12.1. The van der Waals surface area contributed by atoms with Crippen molar-refractivity contribution in [1.29, 1.82) is 0 Å². The third-order valence-corrected chi connectivity index (χ3v) is 4.35. The van der Waals surface area contributed by atoms with Crippen molar-refractivity contribution in [1.82, 2.24) is 0 Å². The SMILES string of the molecule is Cc1ccc(NC(=O)COc2ccccc2/C=C2\SC(N)=NC2=O)cc1. The van der Waals surface area contributed by atoms with Gasteiger partial charge in [-0.2, -0.15) is 4.99 Å². The third kappa shape index (κ3) is 4.52. The number of carbonyl (C=O) groups is 2. The number of aryl methyl sites for hydroxylation is 1. The molecule has 2 aromatic carbocycles. The number of carbonyl (C=O) groups excluding carboxylic acids is 2. The van der Waals surface area contributed by atoms with E-state index in [0.717, 1.165) is 17.3 Å². The quantitative estimate of drug-likeness (QED) is 0.793. The molecule has 0 spiro atoms. The van der Waals surface area contributed by atoms with Crippen LogP contribution in [0, 0.1) is 6.92 Å². The van der Waals surface area contributed by atoms with Crippen LogP contribution in [-0.2, 0) is 9.59 Å². The number of amidine groups is 1. The molecule has 0 saturated heterocycles. The molecule has 0 aromatic heterocycles. The van der Waals surface area contributed by atoms with Gasteiger partial charge in [-0.05, 0) is 43.0 Å². The molecule has 0 aliphatic carbocycles. The van der Waals surface area contributed by atoms with Gasteiger partial charge in [0, 0.05) is 11.3 Å². The van der Waals surface area contributed by atoms with E-state index < -0.39 is 0 Å². The molecule has 2 amide bonds. The third-order valence-electron chi connectivity index (χ3n) is 3.54. The number of para-hydroxylation sites is 1. The molecular formula is C19H17N3O3S. The summed E-state index contributed by atoms with van der Waals surface area (Å²) in [5, 5.41) is 2.99. The number of hydrogen-bond acceptors (Lipinski definition) is 5. The van der Waals surface area contributed by atoms with Crippen molar-refractivity contribution in [3.8, 4) is 5.75 Å². The van der Waals surface area contributed by atoms with Gasteiger partial charge in [0.1, 0.15) is 5.75 Å². The van der Waals surface area contributed by atoms with Crippen LogP contribution in [0.4, 0.5) is 5.69 Å². The number of ether oxygens (including phenoxy) is 1. The predicted molar refractivity (Wildman–Crippen MR) is 104 cm³/mol. The smallest absolute Gasteiger partial charge is 0.286 e. The highest BCUT2D eigenvalue weighted by molar-refractivity contribution is 8.18. The fraction of sp³-hybridized carbons (Fsp3) is 0.105. The fourth-order valence-electron chi connectivity index (χ4n) is 2.28. The highest BCUT2D eigenvalue weighted by atomic mass is 32.2. The molecule has 1 aliphatic heterocycles. The van der Waals surface area contributed by atoms with Crippen LogP contribution in [0.15, 0.2) is 58.4 Å². The van der Waals surface area contributed by atoms with Gasteiger partial charge < -0.3 is 15.8 Å². The summed E-state index contributed by atoms with van der Waals surface area (Å²) in [4.78, 5) is 27.9. The van der Waals surface area contributed by atoms with Crippen LogP contribution < -0.4 is 15.8 Å². The Labute approximate surface area is 155 Å². The lowest BCUT2D eigenvalue weighted by Gasteiger charge is -2.10. The first-order valence-corrected chi connectivity index (χ1v) is 8.69. The van der Waals surface area contributed by atoms with Crippen LogP contribution in [0.2, 0.25) is 0 Å². The van der Waals surface area contributed by atoms with Gasteiger partial charge in [-0.15, -0.1) is 0 Å². The van der Waals surface area contributed by atoms with E-state index in [4.69, 9.17) is 10.5 Å². The number of benzene rings is 2. The van der Waals surface area contributed by atoms with Gasteiger partial charge in [-0.3, -0.25) is 9.59 Å². The molecule has 0 radical (unpaired) electrons. The fourth-order valence-corrected chi connectivity index (χ4v) is 2.95. The van der Waals surface area contributed by atoms with Gasteiger partial charge in [0.25, 0.3) is 11.8 Å². The monoisotopic (exact) mass is 367 g/mol. The second-order valence-electron chi connectivity index (χ2n) is 5.61. The normalized spacial score (nSPS) is 15.0. The minimum atomic E-state index is -0.376. The van der Waals surface area contributed by atoms with Crippen molar-refractivity contribution >= 4 is 40.5 Å². The largest absolute Gasteiger partial charge is 0.483 e. The van der Waals surface area contributed by atoms with Crippen molar-refractivity contribution in [2.75, 3.05) is 11.9 Å². The van der Waals surface area contributed by atoms with E-state index in [1.807, 2.05) is 37.3 Å². The van der Waals surface area contributed by atoms with Crippen LogP contribution in [0.1, 0.15) is 11.1 Å². The van der Waals surface area contributed by atoms with E-state index in [1.54, 1.807) is 24.3 Å². The van der Waals surface area contributed by atoms with E-state index in [9.17, 15) is 9.59 Å². The maximum Gasteiger partial charge on any atom is 0.286 e. The molecule has 6 nitrogen and oxygen atoms in total. The second kappa shape index (κ2) is 7.88. The van der Waals surface area contributed by atoms with Gasteiger partial charge in [0.15, 0.2) is 11.8 Å². The molecule has 0 unspecified atom stereocenters. The topological polar surface area (TPSA) is 93.8 Å². The van der Waals surface area contributed by atoms with Gasteiger partial charge >= 0.3 is 0 Å². The summed E-state index contributed by atoms with van der Waals surface area (Å²) in [6.45, 7) is 1.83. The number of nitrogens with two attached hydrogens (primary N) is 1. The Morgan fingerprint density at radius 1 is 1.23 bits per heavy atom. The van der Waals surface area contributed by atoms with Crippen LogP contribution in [0.25, 0.3) is 6.08 Å². The average molecular weight is 367 g/mol. The lowest BCUT2D eigenvalue weighted by atomic mass is 10.2.